The van der Waals surface area contributed by atoms with E-state index >= 15 is 0 Å². The molecule has 1 aliphatic heterocycles. The number of rotatable bonds is 9. The Morgan fingerprint density at radius 3 is 2.55 bits per heavy atom. The fourth-order valence-corrected chi connectivity index (χ4v) is 4.58. The van der Waals surface area contributed by atoms with Crippen LogP contribution in [0.15, 0.2) is 73.8 Å². The summed E-state index contributed by atoms with van der Waals surface area (Å²) in [5.41, 5.74) is 3.85. The molecule has 6 heteroatoms. The monoisotopic (exact) mass is 442 g/mol. The van der Waals surface area contributed by atoms with E-state index in [4.69, 9.17) is 4.98 Å². The van der Waals surface area contributed by atoms with E-state index in [0.717, 1.165) is 34.5 Å². The molecule has 1 fully saturated rings. The van der Waals surface area contributed by atoms with E-state index in [0.29, 0.717) is 26.1 Å². The molecule has 0 aliphatic carbocycles. The van der Waals surface area contributed by atoms with E-state index in [1.165, 1.54) is 0 Å². The van der Waals surface area contributed by atoms with Crippen molar-refractivity contribution in [2.45, 2.75) is 32.2 Å². The molecule has 0 bridgehead atoms. The molecule has 2 amide bonds. The molecule has 3 aromatic rings. The SMILES string of the molecule is C=CCN(CC=C)C(=O)Cn1c(C2CC(=O)N(c3ccccc3CC)C2)nc2ccccc21. The highest BCUT2D eigenvalue weighted by Crippen LogP contribution is 2.34. The van der Waals surface area contributed by atoms with Gasteiger partial charge in [0.25, 0.3) is 0 Å². The quantitative estimate of drug-likeness (QED) is 0.464. The largest absolute Gasteiger partial charge is 0.334 e. The van der Waals surface area contributed by atoms with Crippen molar-refractivity contribution in [1.82, 2.24) is 14.5 Å². The highest BCUT2D eigenvalue weighted by atomic mass is 16.2. The number of aromatic nitrogens is 2. The van der Waals surface area contributed by atoms with Gasteiger partial charge in [-0.05, 0) is 30.2 Å². The molecule has 0 radical (unpaired) electrons. The third kappa shape index (κ3) is 4.46. The maximum absolute atomic E-state index is 13.1. The van der Waals surface area contributed by atoms with Crippen LogP contribution in [0, 0.1) is 0 Å². The molecule has 4 rings (SSSR count). The highest BCUT2D eigenvalue weighted by molar-refractivity contribution is 5.97. The fraction of sp³-hybridized carbons (Fsp3) is 0.296. The van der Waals surface area contributed by atoms with Gasteiger partial charge in [0.1, 0.15) is 12.4 Å². The minimum atomic E-state index is -0.0881. The Balaban J connectivity index is 1.68. The summed E-state index contributed by atoms with van der Waals surface area (Å²) in [6.45, 7) is 11.2. The van der Waals surface area contributed by atoms with Crippen molar-refractivity contribution in [1.29, 1.82) is 0 Å². The highest BCUT2D eigenvalue weighted by Gasteiger charge is 2.35. The summed E-state index contributed by atoms with van der Waals surface area (Å²) >= 11 is 0. The van der Waals surface area contributed by atoms with Gasteiger partial charge in [-0.15, -0.1) is 13.2 Å². The second-order valence-corrected chi connectivity index (χ2v) is 8.31. The summed E-state index contributed by atoms with van der Waals surface area (Å²) in [5, 5.41) is 0. The van der Waals surface area contributed by atoms with Gasteiger partial charge in [-0.1, -0.05) is 49.4 Å². The van der Waals surface area contributed by atoms with Gasteiger partial charge in [-0.2, -0.15) is 0 Å². The first kappa shape index (κ1) is 22.5. The third-order valence-corrected chi connectivity index (χ3v) is 6.18. The van der Waals surface area contributed by atoms with Gasteiger partial charge in [0.15, 0.2) is 0 Å². The molecule has 1 atom stereocenters. The van der Waals surface area contributed by atoms with Crippen molar-refractivity contribution in [2.75, 3.05) is 24.5 Å². The predicted molar refractivity (Wildman–Crippen MR) is 132 cm³/mol. The van der Waals surface area contributed by atoms with Crippen LogP contribution in [0.5, 0.6) is 0 Å². The number of para-hydroxylation sites is 3. The van der Waals surface area contributed by atoms with E-state index < -0.39 is 0 Å². The van der Waals surface area contributed by atoms with Crippen molar-refractivity contribution in [3.8, 4) is 0 Å². The summed E-state index contributed by atoms with van der Waals surface area (Å²) in [6, 6.07) is 15.9. The molecule has 0 N–H and O–H groups in total. The molecule has 0 spiro atoms. The lowest BCUT2D eigenvalue weighted by atomic mass is 10.1. The van der Waals surface area contributed by atoms with Gasteiger partial charge < -0.3 is 14.4 Å². The molecule has 170 valence electrons. The number of benzene rings is 2. The zero-order valence-corrected chi connectivity index (χ0v) is 19.1. The molecule has 2 aromatic carbocycles. The van der Waals surface area contributed by atoms with E-state index in [-0.39, 0.29) is 24.3 Å². The van der Waals surface area contributed by atoms with Crippen LogP contribution in [0.1, 0.15) is 30.7 Å². The van der Waals surface area contributed by atoms with Crippen molar-refractivity contribution in [2.24, 2.45) is 0 Å². The van der Waals surface area contributed by atoms with Crippen molar-refractivity contribution in [3.05, 3.63) is 85.2 Å². The molecular weight excluding hydrogens is 412 g/mol. The maximum Gasteiger partial charge on any atom is 0.243 e. The topological polar surface area (TPSA) is 58.4 Å². The minimum absolute atomic E-state index is 0.0308. The first-order valence-corrected chi connectivity index (χ1v) is 11.4. The van der Waals surface area contributed by atoms with Crippen LogP contribution in [0.4, 0.5) is 5.69 Å². The molecule has 2 heterocycles. The Morgan fingerprint density at radius 1 is 1.12 bits per heavy atom. The van der Waals surface area contributed by atoms with Crippen LogP contribution in [-0.4, -0.2) is 45.9 Å². The fourth-order valence-electron chi connectivity index (χ4n) is 4.58. The molecule has 1 saturated heterocycles. The first-order valence-electron chi connectivity index (χ1n) is 11.4. The van der Waals surface area contributed by atoms with Gasteiger partial charge in [-0.3, -0.25) is 9.59 Å². The van der Waals surface area contributed by atoms with Crippen LogP contribution in [0.2, 0.25) is 0 Å². The standard InChI is InChI=1S/C27H30N4O2/c1-4-15-29(16-5-2)26(33)19-31-24-14-10-8-12-22(24)28-27(31)21-17-25(32)30(18-21)23-13-9-7-11-20(23)6-3/h4-5,7-14,21H,1-2,6,15-19H2,3H3. The van der Waals surface area contributed by atoms with Crippen LogP contribution in [-0.2, 0) is 22.6 Å². The molecule has 0 saturated carbocycles. The average molecular weight is 443 g/mol. The van der Waals surface area contributed by atoms with Gasteiger partial charge >= 0.3 is 0 Å². The Bertz CT molecular complexity index is 1190. The Labute approximate surface area is 194 Å². The summed E-state index contributed by atoms with van der Waals surface area (Å²) in [5.74, 6) is 0.754. The number of anilines is 1. The van der Waals surface area contributed by atoms with Crippen LogP contribution >= 0.6 is 0 Å². The van der Waals surface area contributed by atoms with Crippen molar-refractivity contribution < 1.29 is 9.59 Å². The van der Waals surface area contributed by atoms with E-state index in [9.17, 15) is 9.59 Å². The number of imidazole rings is 1. The Hall–Kier alpha value is -3.67. The number of nitrogens with zero attached hydrogens (tertiary/aromatic N) is 4. The zero-order valence-electron chi connectivity index (χ0n) is 19.1. The second kappa shape index (κ2) is 9.86. The zero-order chi connectivity index (χ0) is 23.4. The molecule has 1 unspecified atom stereocenters. The maximum atomic E-state index is 13.1. The molecular formula is C27H30N4O2. The lowest BCUT2D eigenvalue weighted by Crippen LogP contribution is -2.34. The van der Waals surface area contributed by atoms with Crippen LogP contribution in [0.25, 0.3) is 11.0 Å². The minimum Gasteiger partial charge on any atom is -0.334 e. The molecule has 1 aliphatic rings. The number of carbonyl (C=O) groups excluding carboxylic acids is 2. The van der Waals surface area contributed by atoms with Gasteiger partial charge in [0.2, 0.25) is 11.8 Å². The lowest BCUT2D eigenvalue weighted by Gasteiger charge is -2.22. The molecule has 33 heavy (non-hydrogen) atoms. The van der Waals surface area contributed by atoms with E-state index in [1.54, 1.807) is 17.1 Å². The smallest absolute Gasteiger partial charge is 0.243 e. The number of amides is 2. The Morgan fingerprint density at radius 2 is 1.82 bits per heavy atom. The van der Waals surface area contributed by atoms with Crippen LogP contribution < -0.4 is 4.90 Å². The van der Waals surface area contributed by atoms with Gasteiger partial charge in [0, 0.05) is 37.7 Å². The number of aryl methyl sites for hydroxylation is 1. The summed E-state index contributed by atoms with van der Waals surface area (Å²) in [4.78, 5) is 34.6. The van der Waals surface area contributed by atoms with E-state index in [2.05, 4.69) is 26.1 Å². The van der Waals surface area contributed by atoms with Crippen molar-refractivity contribution >= 4 is 28.5 Å². The first-order chi connectivity index (χ1) is 16.1. The summed E-state index contributed by atoms with van der Waals surface area (Å²) in [7, 11) is 0. The number of fused-ring (bicyclic) bond motifs is 1. The predicted octanol–water partition coefficient (Wildman–Crippen LogP) is 4.32. The van der Waals surface area contributed by atoms with Crippen LogP contribution in [0.3, 0.4) is 0 Å². The lowest BCUT2D eigenvalue weighted by molar-refractivity contribution is -0.130. The van der Waals surface area contributed by atoms with Gasteiger partial charge in [-0.25, -0.2) is 4.98 Å². The molecule has 1 aromatic heterocycles. The number of hydrogen-bond donors (Lipinski definition) is 0. The third-order valence-electron chi connectivity index (χ3n) is 6.18. The summed E-state index contributed by atoms with van der Waals surface area (Å²) < 4.78 is 1.98. The van der Waals surface area contributed by atoms with E-state index in [1.807, 2.05) is 51.9 Å². The van der Waals surface area contributed by atoms with Crippen molar-refractivity contribution in [3.63, 3.8) is 0 Å². The number of carbonyl (C=O) groups is 2. The second-order valence-electron chi connectivity index (χ2n) is 8.31. The number of hydrogen-bond acceptors (Lipinski definition) is 3. The molecule has 6 nitrogen and oxygen atoms in total. The van der Waals surface area contributed by atoms with Gasteiger partial charge in [0.05, 0.1) is 11.0 Å². The summed E-state index contributed by atoms with van der Waals surface area (Å²) in [6.07, 6.45) is 4.67. The average Bonchev–Trinajstić information content (AvgIpc) is 3.39. The normalized spacial score (nSPS) is 15.7. The Kier molecular flexibility index (Phi) is 6.73.